The summed E-state index contributed by atoms with van der Waals surface area (Å²) in [6.07, 6.45) is 9.53. The summed E-state index contributed by atoms with van der Waals surface area (Å²) in [5.74, 6) is 0. The second-order valence-corrected chi connectivity index (χ2v) is 9.10. The first kappa shape index (κ1) is 13.7. The van der Waals surface area contributed by atoms with Crippen molar-refractivity contribution in [3.63, 3.8) is 0 Å². The first-order chi connectivity index (χ1) is 9.79. The maximum Gasteiger partial charge on any atom is 0.0704 e. The molecule has 1 N–H and O–H groups in total. The molecule has 0 spiro atoms. The highest BCUT2D eigenvalue weighted by atomic mass is 79.9. The number of hydrogen-bond acceptors (Lipinski definition) is 3. The van der Waals surface area contributed by atoms with Crippen molar-refractivity contribution in [2.45, 2.75) is 63.1 Å². The molecule has 1 aliphatic heterocycles. The van der Waals surface area contributed by atoms with Gasteiger partial charge in [0.25, 0.3) is 0 Å². The van der Waals surface area contributed by atoms with Gasteiger partial charge >= 0.3 is 0 Å². The molecule has 1 aromatic rings. The molecular formula is C16H23BrN2S. The second kappa shape index (κ2) is 5.71. The number of aryl methyl sites for hydroxylation is 1. The topological polar surface area (TPSA) is 15.3 Å². The van der Waals surface area contributed by atoms with Gasteiger partial charge in [-0.15, -0.1) is 11.3 Å². The van der Waals surface area contributed by atoms with Gasteiger partial charge in [-0.1, -0.05) is 0 Å². The Morgan fingerprint density at radius 2 is 1.95 bits per heavy atom. The van der Waals surface area contributed by atoms with Crippen LogP contribution in [0.2, 0.25) is 0 Å². The van der Waals surface area contributed by atoms with Crippen LogP contribution in [0.4, 0.5) is 0 Å². The molecule has 0 amide bonds. The lowest BCUT2D eigenvalue weighted by atomic mass is 9.92. The Labute approximate surface area is 134 Å². The summed E-state index contributed by atoms with van der Waals surface area (Å²) >= 11 is 5.60. The van der Waals surface area contributed by atoms with E-state index in [0.29, 0.717) is 6.04 Å². The van der Waals surface area contributed by atoms with Gasteiger partial charge in [0.2, 0.25) is 0 Å². The zero-order chi connectivity index (χ0) is 13.5. The lowest BCUT2D eigenvalue weighted by molar-refractivity contribution is 0.181. The number of likely N-dealkylation sites (tertiary alicyclic amines) is 1. The first-order valence-electron chi connectivity index (χ1n) is 8.08. The molecule has 0 aromatic carbocycles. The van der Waals surface area contributed by atoms with Crippen molar-refractivity contribution in [1.29, 1.82) is 0 Å². The summed E-state index contributed by atoms with van der Waals surface area (Å²) in [5.41, 5.74) is 1.58. The summed E-state index contributed by atoms with van der Waals surface area (Å²) in [6, 6.07) is 4.65. The van der Waals surface area contributed by atoms with Crippen molar-refractivity contribution >= 4 is 27.3 Å². The Bertz CT molecular complexity index is 475. The van der Waals surface area contributed by atoms with E-state index in [0.717, 1.165) is 12.1 Å². The molecule has 1 aromatic heterocycles. The highest BCUT2D eigenvalue weighted by molar-refractivity contribution is 9.11. The third-order valence-electron chi connectivity index (χ3n) is 5.11. The van der Waals surface area contributed by atoms with Gasteiger partial charge < -0.3 is 10.2 Å². The Balaban J connectivity index is 1.37. The number of nitrogens with zero attached hydrogens (tertiary/aromatic N) is 1. The predicted octanol–water partition coefficient (Wildman–Crippen LogP) is 4.10. The number of thiophene rings is 1. The average Bonchev–Trinajstić information content (AvgIpc) is 3.22. The van der Waals surface area contributed by atoms with Crippen molar-refractivity contribution in [2.75, 3.05) is 13.1 Å². The van der Waals surface area contributed by atoms with Gasteiger partial charge in [-0.2, -0.15) is 0 Å². The van der Waals surface area contributed by atoms with Gasteiger partial charge in [0.05, 0.1) is 3.79 Å². The Morgan fingerprint density at radius 3 is 2.70 bits per heavy atom. The van der Waals surface area contributed by atoms with Gasteiger partial charge in [0.15, 0.2) is 0 Å². The number of hydrogen-bond donors (Lipinski definition) is 1. The van der Waals surface area contributed by atoms with Crippen molar-refractivity contribution in [3.8, 4) is 0 Å². The van der Waals surface area contributed by atoms with Crippen molar-refractivity contribution in [2.24, 2.45) is 0 Å². The lowest BCUT2D eigenvalue weighted by Gasteiger charge is -2.35. The minimum atomic E-state index is 0.610. The summed E-state index contributed by atoms with van der Waals surface area (Å²) < 4.78 is 1.31. The van der Waals surface area contributed by atoms with Crippen LogP contribution >= 0.6 is 27.3 Å². The number of fused-ring (bicyclic) bond motifs is 1. The number of nitrogens with one attached hydrogen (secondary N) is 1. The van der Waals surface area contributed by atoms with Gasteiger partial charge in [-0.25, -0.2) is 0 Å². The Morgan fingerprint density at radius 1 is 1.15 bits per heavy atom. The minimum absolute atomic E-state index is 0.610. The Kier molecular flexibility index (Phi) is 3.92. The van der Waals surface area contributed by atoms with Crippen LogP contribution < -0.4 is 5.32 Å². The maximum absolute atomic E-state index is 3.97. The van der Waals surface area contributed by atoms with E-state index in [2.05, 4.69) is 32.2 Å². The van der Waals surface area contributed by atoms with E-state index in [1.165, 1.54) is 61.8 Å². The van der Waals surface area contributed by atoms with E-state index in [1.54, 1.807) is 10.4 Å². The number of piperidine rings is 1. The smallest absolute Gasteiger partial charge is 0.0704 e. The SMILES string of the molecule is Brc1cc2c(s1)CCCC2NC1CCN(C2CC2)CC1. The summed E-state index contributed by atoms with van der Waals surface area (Å²) in [5, 5.41) is 3.97. The molecule has 110 valence electrons. The predicted molar refractivity (Wildman–Crippen MR) is 88.5 cm³/mol. The van der Waals surface area contributed by atoms with Crippen LogP contribution in [0.1, 0.15) is 55.0 Å². The number of halogens is 1. The van der Waals surface area contributed by atoms with Crippen molar-refractivity contribution in [3.05, 3.63) is 20.3 Å². The number of rotatable bonds is 3. The molecule has 4 rings (SSSR count). The van der Waals surface area contributed by atoms with Gasteiger partial charge in [0.1, 0.15) is 0 Å². The van der Waals surface area contributed by atoms with Crippen molar-refractivity contribution < 1.29 is 0 Å². The molecule has 1 atom stereocenters. The molecule has 1 saturated heterocycles. The molecule has 20 heavy (non-hydrogen) atoms. The fourth-order valence-corrected chi connectivity index (χ4v) is 5.67. The molecule has 1 saturated carbocycles. The zero-order valence-electron chi connectivity index (χ0n) is 11.9. The normalized spacial score (nSPS) is 28.6. The average molecular weight is 355 g/mol. The van der Waals surface area contributed by atoms with Crippen LogP contribution in [0, 0.1) is 0 Å². The molecule has 1 unspecified atom stereocenters. The van der Waals surface area contributed by atoms with Crippen LogP contribution in [0.3, 0.4) is 0 Å². The monoisotopic (exact) mass is 354 g/mol. The molecule has 2 aliphatic carbocycles. The van der Waals surface area contributed by atoms with Gasteiger partial charge in [0, 0.05) is 23.0 Å². The fourth-order valence-electron chi connectivity index (χ4n) is 3.85. The maximum atomic E-state index is 3.97. The Hall–Kier alpha value is 0.1000. The van der Waals surface area contributed by atoms with Crippen LogP contribution in [-0.2, 0) is 6.42 Å². The summed E-state index contributed by atoms with van der Waals surface area (Å²) in [6.45, 7) is 2.63. The minimum Gasteiger partial charge on any atom is -0.307 e. The van der Waals surface area contributed by atoms with Crippen LogP contribution in [0.5, 0.6) is 0 Å². The van der Waals surface area contributed by atoms with Gasteiger partial charge in [-0.3, -0.25) is 0 Å². The third-order valence-corrected chi connectivity index (χ3v) is 6.83. The van der Waals surface area contributed by atoms with E-state index < -0.39 is 0 Å². The standard InChI is InChI=1S/C16H23BrN2S/c17-16-10-13-14(2-1-3-15(13)20-16)18-11-6-8-19(9-7-11)12-4-5-12/h10-12,14,18H,1-9H2. The van der Waals surface area contributed by atoms with Crippen LogP contribution in [0.15, 0.2) is 9.85 Å². The molecular weight excluding hydrogens is 332 g/mol. The molecule has 3 aliphatic rings. The molecule has 2 heterocycles. The highest BCUT2D eigenvalue weighted by Gasteiger charge is 2.33. The van der Waals surface area contributed by atoms with E-state index in [9.17, 15) is 0 Å². The zero-order valence-corrected chi connectivity index (χ0v) is 14.3. The molecule has 0 radical (unpaired) electrons. The van der Waals surface area contributed by atoms with E-state index in [-0.39, 0.29) is 0 Å². The van der Waals surface area contributed by atoms with Crippen LogP contribution in [-0.4, -0.2) is 30.1 Å². The summed E-state index contributed by atoms with van der Waals surface area (Å²) in [4.78, 5) is 4.32. The van der Waals surface area contributed by atoms with E-state index in [4.69, 9.17) is 0 Å². The van der Waals surface area contributed by atoms with Crippen LogP contribution in [0.25, 0.3) is 0 Å². The second-order valence-electron chi connectivity index (χ2n) is 6.58. The molecule has 4 heteroatoms. The summed E-state index contributed by atoms with van der Waals surface area (Å²) in [7, 11) is 0. The first-order valence-corrected chi connectivity index (χ1v) is 9.69. The quantitative estimate of drug-likeness (QED) is 0.878. The molecule has 2 fully saturated rings. The van der Waals surface area contributed by atoms with E-state index >= 15 is 0 Å². The fraction of sp³-hybridized carbons (Fsp3) is 0.750. The molecule has 2 nitrogen and oxygen atoms in total. The molecule has 0 bridgehead atoms. The highest BCUT2D eigenvalue weighted by Crippen LogP contribution is 2.38. The third kappa shape index (κ3) is 2.85. The largest absolute Gasteiger partial charge is 0.307 e. The van der Waals surface area contributed by atoms with Crippen molar-refractivity contribution in [1.82, 2.24) is 10.2 Å². The van der Waals surface area contributed by atoms with Gasteiger partial charge in [-0.05, 0) is 85.6 Å². The van der Waals surface area contributed by atoms with E-state index in [1.807, 2.05) is 11.3 Å². The lowest BCUT2D eigenvalue weighted by Crippen LogP contribution is -2.44.